The third kappa shape index (κ3) is 5.52. The topological polar surface area (TPSA) is 75.3 Å². The van der Waals surface area contributed by atoms with E-state index in [0.29, 0.717) is 11.3 Å². The molecule has 0 spiro atoms. The predicted octanol–water partition coefficient (Wildman–Crippen LogP) is 5.29. The van der Waals surface area contributed by atoms with Crippen LogP contribution in [0.15, 0.2) is 71.6 Å². The number of aryl methyl sites for hydroxylation is 3. The molecular weight excluding hydrogens is 408 g/mol. The lowest BCUT2D eigenvalue weighted by Crippen LogP contribution is -2.28. The minimum atomic E-state index is -3.81. The van der Waals surface area contributed by atoms with E-state index in [1.165, 1.54) is 23.3 Å². The molecule has 162 valence electrons. The number of carbonyl (C=O) groups excluding carboxylic acids is 1. The fraction of sp³-hybridized carbons (Fsp3) is 0.240. The van der Waals surface area contributed by atoms with Crippen molar-refractivity contribution in [2.75, 3.05) is 4.72 Å². The number of sulfonamides is 1. The van der Waals surface area contributed by atoms with Crippen LogP contribution in [0, 0.1) is 20.8 Å². The van der Waals surface area contributed by atoms with Crippen LogP contribution in [0.2, 0.25) is 0 Å². The van der Waals surface area contributed by atoms with Gasteiger partial charge in [-0.1, -0.05) is 43.3 Å². The molecule has 1 atom stereocenters. The predicted molar refractivity (Wildman–Crippen MR) is 125 cm³/mol. The smallest absolute Gasteiger partial charge is 0.261 e. The van der Waals surface area contributed by atoms with Gasteiger partial charge in [0.2, 0.25) is 0 Å². The van der Waals surface area contributed by atoms with Crippen LogP contribution in [-0.4, -0.2) is 14.3 Å². The Morgan fingerprint density at radius 1 is 0.903 bits per heavy atom. The van der Waals surface area contributed by atoms with E-state index in [9.17, 15) is 13.2 Å². The van der Waals surface area contributed by atoms with E-state index >= 15 is 0 Å². The maximum absolute atomic E-state index is 12.9. The molecule has 0 aliphatic rings. The highest BCUT2D eigenvalue weighted by atomic mass is 32.2. The second kappa shape index (κ2) is 9.35. The molecule has 5 nitrogen and oxygen atoms in total. The Bertz CT molecular complexity index is 1200. The van der Waals surface area contributed by atoms with Gasteiger partial charge in [0, 0.05) is 11.3 Å². The van der Waals surface area contributed by atoms with E-state index in [0.717, 1.165) is 17.5 Å². The van der Waals surface area contributed by atoms with E-state index < -0.39 is 10.0 Å². The van der Waals surface area contributed by atoms with Gasteiger partial charge in [-0.2, -0.15) is 0 Å². The van der Waals surface area contributed by atoms with Gasteiger partial charge in [0.15, 0.2) is 0 Å². The van der Waals surface area contributed by atoms with Crippen molar-refractivity contribution in [1.29, 1.82) is 0 Å². The van der Waals surface area contributed by atoms with E-state index in [1.54, 1.807) is 30.3 Å². The van der Waals surface area contributed by atoms with Gasteiger partial charge in [-0.15, -0.1) is 0 Å². The standard InChI is InChI=1S/C25H28N2O3S/c1-5-24(20-13-12-18(3)19(4)15-20)26-25(28)21-9-7-11-23(16-21)31(29,30)27-22-10-6-8-17(2)14-22/h6-16,24,27H,5H2,1-4H3,(H,26,28)/t24-/m1/s1. The molecule has 0 heterocycles. The van der Waals surface area contributed by atoms with Crippen LogP contribution < -0.4 is 10.0 Å². The van der Waals surface area contributed by atoms with Crippen LogP contribution >= 0.6 is 0 Å². The Labute approximate surface area is 184 Å². The summed E-state index contributed by atoms with van der Waals surface area (Å²) in [5.74, 6) is -0.308. The van der Waals surface area contributed by atoms with Crippen molar-refractivity contribution < 1.29 is 13.2 Å². The van der Waals surface area contributed by atoms with E-state index in [4.69, 9.17) is 0 Å². The Morgan fingerprint density at radius 2 is 1.65 bits per heavy atom. The summed E-state index contributed by atoms with van der Waals surface area (Å²) in [6, 6.07) is 19.2. The summed E-state index contributed by atoms with van der Waals surface area (Å²) in [5.41, 5.74) is 5.13. The molecule has 0 unspecified atom stereocenters. The Morgan fingerprint density at radius 3 is 2.32 bits per heavy atom. The molecule has 0 radical (unpaired) electrons. The number of hydrogen-bond donors (Lipinski definition) is 2. The van der Waals surface area contributed by atoms with Crippen molar-refractivity contribution in [3.63, 3.8) is 0 Å². The molecule has 2 N–H and O–H groups in total. The number of amides is 1. The SMILES string of the molecule is CC[C@@H](NC(=O)c1cccc(S(=O)(=O)Nc2cccc(C)c2)c1)c1ccc(C)c(C)c1. The molecule has 0 saturated carbocycles. The first-order valence-electron chi connectivity index (χ1n) is 10.3. The summed E-state index contributed by atoms with van der Waals surface area (Å²) in [7, 11) is -3.81. The molecule has 3 aromatic carbocycles. The summed E-state index contributed by atoms with van der Waals surface area (Å²) in [5, 5.41) is 3.03. The maximum Gasteiger partial charge on any atom is 0.261 e. The number of benzene rings is 3. The van der Waals surface area contributed by atoms with E-state index in [2.05, 4.69) is 23.0 Å². The summed E-state index contributed by atoms with van der Waals surface area (Å²) in [4.78, 5) is 12.9. The average molecular weight is 437 g/mol. The quantitative estimate of drug-likeness (QED) is 0.528. The third-order valence-electron chi connectivity index (χ3n) is 5.32. The van der Waals surface area contributed by atoms with E-state index in [1.807, 2.05) is 39.0 Å². The fourth-order valence-electron chi connectivity index (χ4n) is 3.37. The van der Waals surface area contributed by atoms with Gasteiger partial charge in [-0.25, -0.2) is 8.42 Å². The van der Waals surface area contributed by atoms with Crippen molar-refractivity contribution in [1.82, 2.24) is 5.32 Å². The van der Waals surface area contributed by atoms with Crippen LogP contribution in [0.5, 0.6) is 0 Å². The van der Waals surface area contributed by atoms with Crippen molar-refractivity contribution >= 4 is 21.6 Å². The van der Waals surface area contributed by atoms with Gasteiger partial charge in [0.25, 0.3) is 15.9 Å². The normalized spacial score (nSPS) is 12.3. The molecule has 1 amide bonds. The largest absolute Gasteiger partial charge is 0.345 e. The zero-order chi connectivity index (χ0) is 22.6. The zero-order valence-electron chi connectivity index (χ0n) is 18.3. The van der Waals surface area contributed by atoms with Crippen LogP contribution in [0.4, 0.5) is 5.69 Å². The Balaban J connectivity index is 1.81. The number of anilines is 1. The highest BCUT2D eigenvalue weighted by Gasteiger charge is 2.19. The first-order valence-corrected chi connectivity index (χ1v) is 11.8. The number of rotatable bonds is 7. The Hall–Kier alpha value is -3.12. The number of hydrogen-bond acceptors (Lipinski definition) is 3. The monoisotopic (exact) mass is 436 g/mol. The van der Waals surface area contributed by atoms with Crippen molar-refractivity contribution in [2.45, 2.75) is 45.1 Å². The summed E-state index contributed by atoms with van der Waals surface area (Å²) in [6.07, 6.45) is 0.723. The molecule has 0 aliphatic carbocycles. The highest BCUT2D eigenvalue weighted by molar-refractivity contribution is 7.92. The van der Waals surface area contributed by atoms with Crippen LogP contribution in [0.25, 0.3) is 0 Å². The second-order valence-corrected chi connectivity index (χ2v) is 9.46. The molecule has 3 rings (SSSR count). The lowest BCUT2D eigenvalue weighted by atomic mass is 9.99. The molecule has 0 fully saturated rings. The first-order chi connectivity index (χ1) is 14.7. The van der Waals surface area contributed by atoms with Gasteiger partial charge >= 0.3 is 0 Å². The van der Waals surface area contributed by atoms with Gasteiger partial charge in [-0.05, 0) is 79.8 Å². The number of carbonyl (C=O) groups is 1. The van der Waals surface area contributed by atoms with Gasteiger partial charge < -0.3 is 5.32 Å². The van der Waals surface area contributed by atoms with Gasteiger partial charge in [0.05, 0.1) is 10.9 Å². The minimum absolute atomic E-state index is 0.0425. The molecule has 3 aromatic rings. The lowest BCUT2D eigenvalue weighted by Gasteiger charge is -2.19. The van der Waals surface area contributed by atoms with Crippen molar-refractivity contribution in [3.8, 4) is 0 Å². The van der Waals surface area contributed by atoms with Crippen molar-refractivity contribution in [3.05, 3.63) is 94.5 Å². The average Bonchev–Trinajstić information content (AvgIpc) is 2.73. The Kier molecular flexibility index (Phi) is 6.81. The highest BCUT2D eigenvalue weighted by Crippen LogP contribution is 2.22. The minimum Gasteiger partial charge on any atom is -0.345 e. The van der Waals surface area contributed by atoms with Crippen LogP contribution in [0.3, 0.4) is 0 Å². The molecule has 0 aliphatic heterocycles. The number of nitrogens with one attached hydrogen (secondary N) is 2. The van der Waals surface area contributed by atoms with Crippen molar-refractivity contribution in [2.24, 2.45) is 0 Å². The van der Waals surface area contributed by atoms with Gasteiger partial charge in [-0.3, -0.25) is 9.52 Å². The maximum atomic E-state index is 12.9. The van der Waals surface area contributed by atoms with Crippen LogP contribution in [0.1, 0.15) is 52.0 Å². The molecular formula is C25H28N2O3S. The summed E-state index contributed by atoms with van der Waals surface area (Å²) in [6.45, 7) is 7.99. The van der Waals surface area contributed by atoms with E-state index in [-0.39, 0.29) is 16.8 Å². The van der Waals surface area contributed by atoms with Gasteiger partial charge in [0.1, 0.15) is 0 Å². The molecule has 6 heteroatoms. The lowest BCUT2D eigenvalue weighted by molar-refractivity contribution is 0.0935. The second-order valence-electron chi connectivity index (χ2n) is 7.78. The first kappa shape index (κ1) is 22.6. The molecule has 0 aromatic heterocycles. The van der Waals surface area contributed by atoms with Crippen LogP contribution in [-0.2, 0) is 10.0 Å². The summed E-state index contributed by atoms with van der Waals surface area (Å²) >= 11 is 0. The third-order valence-corrected chi connectivity index (χ3v) is 6.70. The summed E-state index contributed by atoms with van der Waals surface area (Å²) < 4.78 is 28.2. The fourth-order valence-corrected chi connectivity index (χ4v) is 4.47. The zero-order valence-corrected chi connectivity index (χ0v) is 19.1. The molecule has 0 bridgehead atoms. The molecule has 0 saturated heterocycles. The molecule has 31 heavy (non-hydrogen) atoms.